The van der Waals surface area contributed by atoms with Gasteiger partial charge in [0.25, 0.3) is 11.8 Å². The fraction of sp³-hybridized carbons (Fsp3) is 0.0870. The molecule has 3 rings (SSSR count). The van der Waals surface area contributed by atoms with Crippen LogP contribution in [-0.4, -0.2) is 17.8 Å². The molecule has 29 heavy (non-hydrogen) atoms. The van der Waals surface area contributed by atoms with Gasteiger partial charge in [-0.25, -0.2) is 0 Å². The van der Waals surface area contributed by atoms with Gasteiger partial charge in [0.2, 0.25) is 0 Å². The monoisotopic (exact) mass is 387 g/mol. The molecule has 6 nitrogen and oxygen atoms in total. The minimum absolute atomic E-state index is 0.0162. The summed E-state index contributed by atoms with van der Waals surface area (Å²) in [5, 5.41) is 16.6. The van der Waals surface area contributed by atoms with E-state index in [0.717, 1.165) is 11.1 Å². The van der Waals surface area contributed by atoms with E-state index in [9.17, 15) is 19.5 Å². The van der Waals surface area contributed by atoms with Crippen LogP contribution in [0.25, 0.3) is 0 Å². The Kier molecular flexibility index (Phi) is 5.74. The summed E-state index contributed by atoms with van der Waals surface area (Å²) in [6.45, 7) is 3.96. The highest BCUT2D eigenvalue weighted by molar-refractivity contribution is 6.11. The van der Waals surface area contributed by atoms with Gasteiger partial charge in [-0.05, 0) is 61.4 Å². The van der Waals surface area contributed by atoms with Crippen LogP contribution >= 0.6 is 0 Å². The Labute approximate surface area is 168 Å². The molecule has 6 heteroatoms. The molecule has 146 valence electrons. The van der Waals surface area contributed by atoms with Crippen molar-refractivity contribution in [3.05, 3.63) is 94.5 Å². The highest BCUT2D eigenvalue weighted by atomic mass is 16.4. The molecule has 0 unspecified atom stereocenters. The Morgan fingerprint density at radius 1 is 0.690 bits per heavy atom. The van der Waals surface area contributed by atoms with Gasteiger partial charge in [-0.15, -0.1) is 0 Å². The lowest BCUT2D eigenvalue weighted by Gasteiger charge is -2.12. The highest BCUT2D eigenvalue weighted by Crippen LogP contribution is 2.18. The first-order valence-electron chi connectivity index (χ1n) is 8.95. The van der Waals surface area contributed by atoms with Crippen LogP contribution in [0, 0.1) is 13.8 Å². The molecule has 0 aromatic heterocycles. The lowest BCUT2D eigenvalue weighted by Crippen LogP contribution is -2.26. The molecule has 3 aromatic carbocycles. The molecule has 2 N–H and O–H groups in total. The minimum atomic E-state index is -1.43. The number of carbonyl (C=O) groups is 3. The second-order valence-corrected chi connectivity index (χ2v) is 6.62. The molecule has 0 aliphatic rings. The number of nitrogens with one attached hydrogen (secondary N) is 2. The number of rotatable bonds is 5. The smallest absolute Gasteiger partial charge is 0.256 e. The second-order valence-electron chi connectivity index (χ2n) is 6.62. The molecule has 0 fully saturated rings. The maximum absolute atomic E-state index is 12.6. The molecular weight excluding hydrogens is 368 g/mol. The van der Waals surface area contributed by atoms with Gasteiger partial charge in [-0.3, -0.25) is 9.59 Å². The Bertz CT molecular complexity index is 1110. The molecule has 0 saturated carbocycles. The number of carbonyl (C=O) groups excluding carboxylic acids is 3. The van der Waals surface area contributed by atoms with Crippen molar-refractivity contribution in [3.8, 4) is 0 Å². The first-order valence-corrected chi connectivity index (χ1v) is 8.95. The van der Waals surface area contributed by atoms with Crippen LogP contribution in [0.2, 0.25) is 0 Å². The Hall–Kier alpha value is -3.93. The molecule has 0 aliphatic heterocycles. The van der Waals surface area contributed by atoms with E-state index in [2.05, 4.69) is 10.6 Å². The average molecular weight is 387 g/mol. The van der Waals surface area contributed by atoms with Crippen LogP contribution < -0.4 is 15.7 Å². The van der Waals surface area contributed by atoms with Crippen LogP contribution in [-0.2, 0) is 0 Å². The molecular formula is C23H19N2O4-. The molecule has 0 spiro atoms. The van der Waals surface area contributed by atoms with E-state index in [1.807, 2.05) is 32.0 Å². The van der Waals surface area contributed by atoms with E-state index < -0.39 is 11.9 Å². The first kappa shape index (κ1) is 19.8. The summed E-state index contributed by atoms with van der Waals surface area (Å²) in [5.74, 6) is -2.35. The summed E-state index contributed by atoms with van der Waals surface area (Å²) in [6.07, 6.45) is 0. The zero-order chi connectivity index (χ0) is 21.0. The number of aromatic carboxylic acids is 1. The van der Waals surface area contributed by atoms with Gasteiger partial charge in [0, 0.05) is 28.1 Å². The molecule has 0 aliphatic carbocycles. The van der Waals surface area contributed by atoms with Crippen molar-refractivity contribution in [1.82, 2.24) is 0 Å². The summed E-state index contributed by atoms with van der Waals surface area (Å²) in [7, 11) is 0. The topological polar surface area (TPSA) is 98.3 Å². The SMILES string of the molecule is Cc1ccc(NC(=O)c2cccc(NC(=O)c3ccccc3C(=O)[O-])c2)cc1C. The van der Waals surface area contributed by atoms with Crippen LogP contribution in [0.15, 0.2) is 66.7 Å². The largest absolute Gasteiger partial charge is 0.545 e. The first-order chi connectivity index (χ1) is 13.8. The van der Waals surface area contributed by atoms with Gasteiger partial charge in [-0.1, -0.05) is 30.3 Å². The number of benzene rings is 3. The molecule has 0 atom stereocenters. The average Bonchev–Trinajstić information content (AvgIpc) is 2.71. The van der Waals surface area contributed by atoms with Crippen molar-refractivity contribution >= 4 is 29.2 Å². The third-order valence-corrected chi connectivity index (χ3v) is 4.54. The van der Waals surface area contributed by atoms with E-state index in [1.165, 1.54) is 24.3 Å². The molecule has 0 radical (unpaired) electrons. The van der Waals surface area contributed by atoms with Crippen molar-refractivity contribution in [2.45, 2.75) is 13.8 Å². The number of anilines is 2. The zero-order valence-corrected chi connectivity index (χ0v) is 16.0. The summed E-state index contributed by atoms with van der Waals surface area (Å²) in [4.78, 5) is 36.2. The molecule has 0 bridgehead atoms. The van der Waals surface area contributed by atoms with Gasteiger partial charge in [0.05, 0.1) is 5.97 Å². The van der Waals surface area contributed by atoms with Gasteiger partial charge >= 0.3 is 0 Å². The zero-order valence-electron chi connectivity index (χ0n) is 16.0. The molecule has 2 amide bonds. The van der Waals surface area contributed by atoms with Crippen LogP contribution in [0.1, 0.15) is 42.2 Å². The van der Waals surface area contributed by atoms with Crippen molar-refractivity contribution in [3.63, 3.8) is 0 Å². The quantitative estimate of drug-likeness (QED) is 0.702. The number of carboxylic acids is 1. The fourth-order valence-electron chi connectivity index (χ4n) is 2.82. The van der Waals surface area contributed by atoms with Crippen molar-refractivity contribution in [2.24, 2.45) is 0 Å². The van der Waals surface area contributed by atoms with Crippen LogP contribution in [0.3, 0.4) is 0 Å². The van der Waals surface area contributed by atoms with Crippen LogP contribution in [0.5, 0.6) is 0 Å². The summed E-state index contributed by atoms with van der Waals surface area (Å²) in [6, 6.07) is 17.8. The van der Waals surface area contributed by atoms with Gasteiger partial charge < -0.3 is 20.5 Å². The van der Waals surface area contributed by atoms with E-state index in [-0.39, 0.29) is 17.0 Å². The van der Waals surface area contributed by atoms with Crippen molar-refractivity contribution in [1.29, 1.82) is 0 Å². The maximum atomic E-state index is 12.6. The molecule has 3 aromatic rings. The van der Waals surface area contributed by atoms with Gasteiger partial charge in [0.15, 0.2) is 0 Å². The number of hydrogen-bond acceptors (Lipinski definition) is 4. The number of hydrogen-bond donors (Lipinski definition) is 2. The Morgan fingerprint density at radius 2 is 1.34 bits per heavy atom. The fourth-order valence-corrected chi connectivity index (χ4v) is 2.82. The van der Waals surface area contributed by atoms with Gasteiger partial charge in [0.1, 0.15) is 0 Å². The maximum Gasteiger partial charge on any atom is 0.256 e. The van der Waals surface area contributed by atoms with E-state index >= 15 is 0 Å². The number of aryl methyl sites for hydroxylation is 2. The van der Waals surface area contributed by atoms with E-state index in [4.69, 9.17) is 0 Å². The predicted molar refractivity (Wildman–Crippen MR) is 109 cm³/mol. The Morgan fingerprint density at radius 3 is 2.03 bits per heavy atom. The van der Waals surface area contributed by atoms with Crippen LogP contribution in [0.4, 0.5) is 11.4 Å². The highest BCUT2D eigenvalue weighted by Gasteiger charge is 2.13. The standard InChI is InChI=1S/C23H20N2O4/c1-14-10-11-18(12-15(14)2)24-21(26)16-6-5-7-17(13-16)25-22(27)19-8-3-4-9-20(19)23(28)29/h3-13H,1-2H3,(H,24,26)(H,25,27)(H,28,29)/p-1. The minimum Gasteiger partial charge on any atom is -0.545 e. The normalized spacial score (nSPS) is 10.3. The van der Waals surface area contributed by atoms with Crippen molar-refractivity contribution in [2.75, 3.05) is 10.6 Å². The van der Waals surface area contributed by atoms with Crippen molar-refractivity contribution < 1.29 is 19.5 Å². The lowest BCUT2D eigenvalue weighted by molar-refractivity contribution is -0.255. The van der Waals surface area contributed by atoms with E-state index in [0.29, 0.717) is 16.9 Å². The predicted octanol–water partition coefficient (Wildman–Crippen LogP) is 3.17. The summed E-state index contributed by atoms with van der Waals surface area (Å²) >= 11 is 0. The number of carboxylic acid groups (broad SMARTS) is 1. The van der Waals surface area contributed by atoms with E-state index in [1.54, 1.807) is 24.3 Å². The summed E-state index contributed by atoms with van der Waals surface area (Å²) in [5.41, 5.74) is 3.38. The third kappa shape index (κ3) is 4.68. The third-order valence-electron chi connectivity index (χ3n) is 4.54. The number of amides is 2. The molecule has 0 saturated heterocycles. The second kappa shape index (κ2) is 8.39. The lowest BCUT2D eigenvalue weighted by atomic mass is 10.1. The Balaban J connectivity index is 1.77. The summed E-state index contributed by atoms with van der Waals surface area (Å²) < 4.78 is 0. The molecule has 0 heterocycles. The van der Waals surface area contributed by atoms with Gasteiger partial charge in [-0.2, -0.15) is 0 Å².